The summed E-state index contributed by atoms with van der Waals surface area (Å²) in [5.41, 5.74) is 3.20. The highest BCUT2D eigenvalue weighted by Gasteiger charge is 2.11. The van der Waals surface area contributed by atoms with E-state index >= 15 is 0 Å². The van der Waals surface area contributed by atoms with Crippen molar-refractivity contribution >= 4 is 48.9 Å². The number of aromatic amines is 1. The molecule has 0 radical (unpaired) electrons. The first kappa shape index (κ1) is 14.3. The number of carbonyl (C=O) groups is 1. The van der Waals surface area contributed by atoms with E-state index in [1.807, 2.05) is 24.3 Å². The summed E-state index contributed by atoms with van der Waals surface area (Å²) in [5, 5.41) is 0. The summed E-state index contributed by atoms with van der Waals surface area (Å²) in [5.74, 6) is 0.394. The van der Waals surface area contributed by atoms with Crippen molar-refractivity contribution in [3.05, 3.63) is 50.9 Å². The van der Waals surface area contributed by atoms with Gasteiger partial charge in [0.1, 0.15) is 11.3 Å². The van der Waals surface area contributed by atoms with Crippen LogP contribution in [0.3, 0.4) is 0 Å². The second-order valence-electron chi connectivity index (χ2n) is 4.41. The lowest BCUT2D eigenvalue weighted by molar-refractivity contribution is 0.0601. The molecule has 0 unspecified atom stereocenters. The smallest absolute Gasteiger partial charge is 0.337 e. The number of H-pyrrole nitrogens is 1. The number of methoxy groups -OCH3 is 1. The van der Waals surface area contributed by atoms with Crippen LogP contribution in [0, 0.1) is 0 Å². The van der Waals surface area contributed by atoms with Gasteiger partial charge in [-0.15, -0.1) is 0 Å². The Kier molecular flexibility index (Phi) is 3.82. The van der Waals surface area contributed by atoms with Crippen molar-refractivity contribution in [2.24, 2.45) is 0 Å². The van der Waals surface area contributed by atoms with Crippen molar-refractivity contribution in [1.82, 2.24) is 9.97 Å². The number of nitrogens with one attached hydrogen (secondary N) is 1. The van der Waals surface area contributed by atoms with E-state index in [1.165, 1.54) is 7.11 Å². The summed E-state index contributed by atoms with van der Waals surface area (Å²) in [6.45, 7) is 0. The van der Waals surface area contributed by atoms with Crippen LogP contribution in [0.1, 0.15) is 10.4 Å². The first-order valence-electron chi connectivity index (χ1n) is 6.12. The number of carbonyl (C=O) groups excluding carboxylic acids is 1. The van der Waals surface area contributed by atoms with Gasteiger partial charge in [-0.05, 0) is 56.1 Å². The van der Waals surface area contributed by atoms with Crippen molar-refractivity contribution in [2.45, 2.75) is 0 Å². The maximum absolute atomic E-state index is 11.4. The molecule has 1 heterocycles. The van der Waals surface area contributed by atoms with Crippen LogP contribution in [-0.2, 0) is 4.74 Å². The number of imidazole rings is 1. The highest BCUT2D eigenvalue weighted by molar-refractivity contribution is 9.11. The summed E-state index contributed by atoms with van der Waals surface area (Å²) < 4.78 is 6.56. The third-order valence-corrected chi connectivity index (χ3v) is 4.43. The van der Waals surface area contributed by atoms with E-state index in [-0.39, 0.29) is 5.97 Å². The first-order valence-corrected chi connectivity index (χ1v) is 7.71. The van der Waals surface area contributed by atoms with Crippen LogP contribution in [0.4, 0.5) is 0 Å². The Morgan fingerprint density at radius 2 is 1.76 bits per heavy atom. The number of nitrogens with zero attached hydrogens (tertiary/aromatic N) is 1. The molecule has 0 saturated carbocycles. The number of ether oxygens (including phenoxy) is 1. The number of hydrogen-bond donors (Lipinski definition) is 1. The van der Waals surface area contributed by atoms with Gasteiger partial charge >= 0.3 is 5.97 Å². The molecule has 106 valence electrons. The lowest BCUT2D eigenvalue weighted by atomic mass is 10.1. The molecule has 21 heavy (non-hydrogen) atoms. The zero-order valence-corrected chi connectivity index (χ0v) is 14.2. The summed E-state index contributed by atoms with van der Waals surface area (Å²) in [6, 6.07) is 11.0. The highest BCUT2D eigenvalue weighted by atomic mass is 79.9. The van der Waals surface area contributed by atoms with Crippen LogP contribution in [0.25, 0.3) is 22.4 Å². The highest BCUT2D eigenvalue weighted by Crippen LogP contribution is 2.31. The Morgan fingerprint density at radius 3 is 2.38 bits per heavy atom. The van der Waals surface area contributed by atoms with Crippen molar-refractivity contribution < 1.29 is 9.53 Å². The second kappa shape index (κ2) is 5.61. The SMILES string of the molecule is COC(=O)c1ccc(-c2nc3c(Br)ccc(Br)c3[nH]2)cc1. The van der Waals surface area contributed by atoms with Gasteiger partial charge < -0.3 is 9.72 Å². The molecule has 1 N–H and O–H groups in total. The lowest BCUT2D eigenvalue weighted by Gasteiger charge is -2.00. The molecule has 0 amide bonds. The summed E-state index contributed by atoms with van der Waals surface area (Å²) in [7, 11) is 1.37. The first-order chi connectivity index (χ1) is 10.1. The summed E-state index contributed by atoms with van der Waals surface area (Å²) >= 11 is 7.00. The zero-order chi connectivity index (χ0) is 15.0. The maximum atomic E-state index is 11.4. The Balaban J connectivity index is 2.06. The van der Waals surface area contributed by atoms with Gasteiger partial charge in [0, 0.05) is 14.5 Å². The molecule has 0 spiro atoms. The molecule has 3 aromatic rings. The van der Waals surface area contributed by atoms with Crippen LogP contribution in [0.15, 0.2) is 45.3 Å². The minimum absolute atomic E-state index is 0.350. The molecule has 2 aromatic carbocycles. The minimum atomic E-state index is -0.350. The van der Waals surface area contributed by atoms with Gasteiger partial charge in [-0.25, -0.2) is 9.78 Å². The molecule has 0 atom stereocenters. The molecule has 0 aliphatic carbocycles. The summed E-state index contributed by atoms with van der Waals surface area (Å²) in [4.78, 5) is 19.3. The van der Waals surface area contributed by atoms with Gasteiger partial charge in [0.2, 0.25) is 0 Å². The van der Waals surface area contributed by atoms with Crippen molar-refractivity contribution in [1.29, 1.82) is 0 Å². The van der Waals surface area contributed by atoms with Gasteiger partial charge in [-0.1, -0.05) is 12.1 Å². The van der Waals surface area contributed by atoms with Crippen LogP contribution >= 0.6 is 31.9 Å². The molecular weight excluding hydrogens is 400 g/mol. The Labute approximate surface area is 137 Å². The summed E-state index contributed by atoms with van der Waals surface area (Å²) in [6.07, 6.45) is 0. The van der Waals surface area contributed by atoms with E-state index in [0.717, 1.165) is 31.4 Å². The predicted octanol–water partition coefficient (Wildman–Crippen LogP) is 4.54. The van der Waals surface area contributed by atoms with Crippen LogP contribution in [0.2, 0.25) is 0 Å². The van der Waals surface area contributed by atoms with E-state index in [0.29, 0.717) is 5.56 Å². The van der Waals surface area contributed by atoms with Gasteiger partial charge in [0.15, 0.2) is 0 Å². The number of hydrogen-bond acceptors (Lipinski definition) is 3. The van der Waals surface area contributed by atoms with Gasteiger partial charge in [-0.3, -0.25) is 0 Å². The largest absolute Gasteiger partial charge is 0.465 e. The molecule has 0 aliphatic heterocycles. The van der Waals surface area contributed by atoms with E-state index < -0.39 is 0 Å². The standard InChI is InChI=1S/C15H10Br2N2O2/c1-21-15(20)9-4-2-8(3-5-9)14-18-12-10(16)6-7-11(17)13(12)19-14/h2-7H,1H3,(H,18,19). The van der Waals surface area contributed by atoms with E-state index in [4.69, 9.17) is 0 Å². The minimum Gasteiger partial charge on any atom is -0.465 e. The third kappa shape index (κ3) is 2.61. The van der Waals surface area contributed by atoms with Gasteiger partial charge in [-0.2, -0.15) is 0 Å². The average Bonchev–Trinajstić information content (AvgIpc) is 2.97. The molecular formula is C15H10Br2N2O2. The van der Waals surface area contributed by atoms with Crippen LogP contribution in [0.5, 0.6) is 0 Å². The lowest BCUT2D eigenvalue weighted by Crippen LogP contribution is -2.00. The molecule has 0 saturated heterocycles. The predicted molar refractivity (Wildman–Crippen MR) is 88.3 cm³/mol. The molecule has 3 rings (SSSR count). The number of aromatic nitrogens is 2. The monoisotopic (exact) mass is 408 g/mol. The fourth-order valence-electron chi connectivity index (χ4n) is 2.05. The number of rotatable bonds is 2. The van der Waals surface area contributed by atoms with Gasteiger partial charge in [0.25, 0.3) is 0 Å². The number of fused-ring (bicyclic) bond motifs is 1. The number of esters is 1. The maximum Gasteiger partial charge on any atom is 0.337 e. The molecule has 4 nitrogen and oxygen atoms in total. The molecule has 0 fully saturated rings. The molecule has 0 aliphatic rings. The Bertz CT molecular complexity index is 787. The molecule has 6 heteroatoms. The van der Waals surface area contributed by atoms with Crippen molar-refractivity contribution in [2.75, 3.05) is 7.11 Å². The number of benzene rings is 2. The van der Waals surface area contributed by atoms with Crippen molar-refractivity contribution in [3.8, 4) is 11.4 Å². The normalized spacial score (nSPS) is 10.8. The average molecular weight is 410 g/mol. The second-order valence-corrected chi connectivity index (χ2v) is 6.12. The zero-order valence-electron chi connectivity index (χ0n) is 11.0. The number of halogens is 2. The fourth-order valence-corrected chi connectivity index (χ4v) is 2.88. The Morgan fingerprint density at radius 1 is 1.10 bits per heavy atom. The van der Waals surface area contributed by atoms with E-state index in [1.54, 1.807) is 12.1 Å². The van der Waals surface area contributed by atoms with Crippen LogP contribution in [-0.4, -0.2) is 23.0 Å². The molecule has 0 bridgehead atoms. The quantitative estimate of drug-likeness (QED) is 0.632. The fraction of sp³-hybridized carbons (Fsp3) is 0.0667. The van der Waals surface area contributed by atoms with Crippen LogP contribution < -0.4 is 0 Å². The molecule has 1 aromatic heterocycles. The third-order valence-electron chi connectivity index (χ3n) is 3.12. The van der Waals surface area contributed by atoms with Gasteiger partial charge in [0.05, 0.1) is 18.2 Å². The van der Waals surface area contributed by atoms with E-state index in [2.05, 4.69) is 46.6 Å². The van der Waals surface area contributed by atoms with E-state index in [9.17, 15) is 4.79 Å². The van der Waals surface area contributed by atoms with Crippen molar-refractivity contribution in [3.63, 3.8) is 0 Å². The topological polar surface area (TPSA) is 55.0 Å². The Hall–Kier alpha value is -1.66.